The average molecular weight is 318 g/mol. The van der Waals surface area contributed by atoms with Gasteiger partial charge in [0.1, 0.15) is 11.0 Å². The highest BCUT2D eigenvalue weighted by Gasteiger charge is 2.11. The van der Waals surface area contributed by atoms with Gasteiger partial charge >= 0.3 is 5.97 Å². The minimum absolute atomic E-state index is 0.191. The number of nitrogens with one attached hydrogen (secondary N) is 1. The van der Waals surface area contributed by atoms with E-state index in [9.17, 15) is 9.59 Å². The predicted octanol–water partition coefficient (Wildman–Crippen LogP) is 1.39. The molecule has 0 aromatic carbocycles. The molecule has 0 fully saturated rings. The topological polar surface area (TPSA) is 73.2 Å². The average Bonchev–Trinajstić information content (AvgIpc) is 2.37. The number of anilines is 1. The van der Waals surface area contributed by atoms with Gasteiger partial charge in [-0.15, -0.1) is 0 Å². The molecule has 0 radical (unpaired) electrons. The van der Waals surface area contributed by atoms with Crippen LogP contribution in [0.25, 0.3) is 0 Å². The second-order valence-electron chi connectivity index (χ2n) is 3.69. The Balaban J connectivity index is 2.84. The predicted molar refractivity (Wildman–Crippen MR) is 71.6 cm³/mol. The fourth-order valence-corrected chi connectivity index (χ4v) is 1.73. The first-order valence-electron chi connectivity index (χ1n) is 5.66. The van der Waals surface area contributed by atoms with Crippen LogP contribution in [0.4, 0.5) is 5.69 Å². The highest BCUT2D eigenvalue weighted by atomic mass is 79.9. The fraction of sp³-hybridized carbons (Fsp3) is 0.545. The van der Waals surface area contributed by atoms with Gasteiger partial charge in [-0.3, -0.25) is 9.59 Å². The number of carbonyl (C=O) groups is 1. The number of ether oxygens (including phenoxy) is 1. The summed E-state index contributed by atoms with van der Waals surface area (Å²) in [6, 6.07) is 0. The fourth-order valence-electron chi connectivity index (χ4n) is 1.29. The molecule has 0 saturated carbocycles. The molecule has 0 aliphatic heterocycles. The van der Waals surface area contributed by atoms with Crippen LogP contribution >= 0.6 is 15.9 Å². The molecule has 0 amide bonds. The summed E-state index contributed by atoms with van der Waals surface area (Å²) in [6.07, 6.45) is 3.60. The highest BCUT2D eigenvalue weighted by molar-refractivity contribution is 9.10. The van der Waals surface area contributed by atoms with E-state index in [-0.39, 0.29) is 12.1 Å². The molecule has 0 spiro atoms. The molecule has 18 heavy (non-hydrogen) atoms. The molecule has 0 aliphatic rings. The van der Waals surface area contributed by atoms with Crippen LogP contribution in [0.5, 0.6) is 0 Å². The highest BCUT2D eigenvalue weighted by Crippen LogP contribution is 2.15. The zero-order valence-electron chi connectivity index (χ0n) is 10.4. The maximum atomic E-state index is 11.9. The summed E-state index contributed by atoms with van der Waals surface area (Å²) in [4.78, 5) is 23.0. The van der Waals surface area contributed by atoms with Crippen molar-refractivity contribution in [3.63, 3.8) is 0 Å². The minimum Gasteiger partial charge on any atom is -0.468 e. The molecule has 1 aromatic rings. The van der Waals surface area contributed by atoms with Crippen molar-refractivity contribution in [3.8, 4) is 0 Å². The number of aromatic nitrogens is 2. The molecule has 0 saturated heterocycles. The molecule has 1 N–H and O–H groups in total. The Hall–Kier alpha value is -1.37. The van der Waals surface area contributed by atoms with Crippen molar-refractivity contribution < 1.29 is 9.53 Å². The maximum Gasteiger partial charge on any atom is 0.327 e. The minimum atomic E-state index is -0.511. The van der Waals surface area contributed by atoms with Crippen molar-refractivity contribution >= 4 is 27.6 Å². The van der Waals surface area contributed by atoms with Crippen molar-refractivity contribution in [1.29, 1.82) is 0 Å². The molecule has 0 atom stereocenters. The Morgan fingerprint density at radius 2 is 2.33 bits per heavy atom. The Bertz CT molecular complexity index is 473. The first kappa shape index (κ1) is 14.7. The molecule has 0 bridgehead atoms. The van der Waals surface area contributed by atoms with Gasteiger partial charge in [0.05, 0.1) is 19.0 Å². The number of methoxy groups -OCH3 is 1. The van der Waals surface area contributed by atoms with Crippen LogP contribution < -0.4 is 10.9 Å². The lowest BCUT2D eigenvalue weighted by atomic mass is 10.3. The Morgan fingerprint density at radius 1 is 1.61 bits per heavy atom. The summed E-state index contributed by atoms with van der Waals surface area (Å²) >= 11 is 3.21. The summed E-state index contributed by atoms with van der Waals surface area (Å²) in [7, 11) is 1.27. The third-order valence-corrected chi connectivity index (χ3v) is 3.10. The van der Waals surface area contributed by atoms with E-state index in [0.29, 0.717) is 10.2 Å². The van der Waals surface area contributed by atoms with Crippen LogP contribution in [0.1, 0.15) is 19.8 Å². The largest absolute Gasteiger partial charge is 0.468 e. The lowest BCUT2D eigenvalue weighted by Gasteiger charge is -2.09. The van der Waals surface area contributed by atoms with Crippen LogP contribution in [-0.4, -0.2) is 29.4 Å². The first-order valence-corrected chi connectivity index (χ1v) is 6.45. The number of rotatable bonds is 6. The second-order valence-corrected chi connectivity index (χ2v) is 4.48. The number of nitrogens with zero attached hydrogens (tertiary/aromatic N) is 2. The third kappa shape index (κ3) is 3.83. The van der Waals surface area contributed by atoms with E-state index < -0.39 is 5.97 Å². The molecule has 1 aromatic heterocycles. The van der Waals surface area contributed by atoms with Crippen LogP contribution in [-0.2, 0) is 16.1 Å². The summed E-state index contributed by atoms with van der Waals surface area (Å²) in [6.45, 7) is 2.67. The lowest BCUT2D eigenvalue weighted by molar-refractivity contribution is -0.141. The zero-order valence-corrected chi connectivity index (χ0v) is 12.0. The molecule has 0 aliphatic carbocycles. The van der Waals surface area contributed by atoms with Gasteiger partial charge in [0.15, 0.2) is 0 Å². The Labute approximate surface area is 113 Å². The molecule has 0 unspecified atom stereocenters. The zero-order chi connectivity index (χ0) is 13.5. The van der Waals surface area contributed by atoms with Gasteiger partial charge in [0.25, 0.3) is 5.56 Å². The van der Waals surface area contributed by atoms with E-state index in [1.54, 1.807) is 0 Å². The smallest absolute Gasteiger partial charge is 0.327 e. The van der Waals surface area contributed by atoms with Crippen LogP contribution in [0.15, 0.2) is 15.5 Å². The van der Waals surface area contributed by atoms with Gasteiger partial charge in [0, 0.05) is 6.54 Å². The number of esters is 1. The molecular formula is C11H16BrN3O3. The van der Waals surface area contributed by atoms with E-state index in [1.165, 1.54) is 13.3 Å². The summed E-state index contributed by atoms with van der Waals surface area (Å²) < 4.78 is 5.92. The van der Waals surface area contributed by atoms with Crippen molar-refractivity contribution in [2.24, 2.45) is 0 Å². The van der Waals surface area contributed by atoms with E-state index in [4.69, 9.17) is 0 Å². The Morgan fingerprint density at radius 3 is 2.94 bits per heavy atom. The Kier molecular flexibility index (Phi) is 5.84. The standard InChI is InChI=1S/C11H16BrN3O3/c1-3-4-5-13-8-6-14-15(7-9(16)18-2)11(17)10(8)12/h6,13H,3-5,7H2,1-2H3. The van der Waals surface area contributed by atoms with Gasteiger partial charge < -0.3 is 10.1 Å². The van der Waals surface area contributed by atoms with Gasteiger partial charge in [-0.25, -0.2) is 4.68 Å². The first-order chi connectivity index (χ1) is 8.60. The van der Waals surface area contributed by atoms with Gasteiger partial charge in [-0.2, -0.15) is 5.10 Å². The van der Waals surface area contributed by atoms with Crippen molar-refractivity contribution in [2.45, 2.75) is 26.3 Å². The van der Waals surface area contributed by atoms with Crippen molar-refractivity contribution in [3.05, 3.63) is 21.0 Å². The molecule has 6 nitrogen and oxygen atoms in total. The van der Waals surface area contributed by atoms with E-state index in [1.807, 2.05) is 0 Å². The normalized spacial score (nSPS) is 10.2. The number of halogens is 1. The quantitative estimate of drug-likeness (QED) is 0.634. The van der Waals surface area contributed by atoms with E-state index in [0.717, 1.165) is 24.1 Å². The van der Waals surface area contributed by atoms with Gasteiger partial charge in [0.2, 0.25) is 0 Å². The molecule has 7 heteroatoms. The molecule has 1 rings (SSSR count). The number of hydrogen-bond acceptors (Lipinski definition) is 5. The van der Waals surface area contributed by atoms with Gasteiger partial charge in [-0.1, -0.05) is 13.3 Å². The number of unbranched alkanes of at least 4 members (excludes halogenated alkanes) is 1. The van der Waals surface area contributed by atoms with Gasteiger partial charge in [-0.05, 0) is 22.4 Å². The SMILES string of the molecule is CCCCNc1cnn(CC(=O)OC)c(=O)c1Br. The third-order valence-electron chi connectivity index (χ3n) is 2.34. The second kappa shape index (κ2) is 7.15. The lowest BCUT2D eigenvalue weighted by Crippen LogP contribution is -2.28. The number of carbonyl (C=O) groups excluding carboxylic acids is 1. The maximum absolute atomic E-state index is 11.9. The van der Waals surface area contributed by atoms with Crippen molar-refractivity contribution in [1.82, 2.24) is 9.78 Å². The van der Waals surface area contributed by atoms with E-state index in [2.05, 4.69) is 38.0 Å². The number of hydrogen-bond donors (Lipinski definition) is 1. The van der Waals surface area contributed by atoms with Crippen LogP contribution in [0, 0.1) is 0 Å². The molecule has 1 heterocycles. The van der Waals surface area contributed by atoms with Crippen LogP contribution in [0.2, 0.25) is 0 Å². The van der Waals surface area contributed by atoms with Crippen molar-refractivity contribution in [2.75, 3.05) is 19.0 Å². The summed E-state index contributed by atoms with van der Waals surface area (Å²) in [5.41, 5.74) is 0.275. The van der Waals surface area contributed by atoms with E-state index >= 15 is 0 Å². The summed E-state index contributed by atoms with van der Waals surface area (Å²) in [5, 5.41) is 7.03. The van der Waals surface area contributed by atoms with Crippen LogP contribution in [0.3, 0.4) is 0 Å². The molecule has 100 valence electrons. The summed E-state index contributed by atoms with van der Waals surface area (Å²) in [5.74, 6) is -0.511. The monoisotopic (exact) mass is 317 g/mol. The molecular weight excluding hydrogens is 302 g/mol.